The molecule has 60 valence electrons. The van der Waals surface area contributed by atoms with Crippen molar-refractivity contribution in [3.8, 4) is 0 Å². The Bertz CT molecular complexity index is 343. The molecule has 1 aromatic heterocycles. The molecule has 0 fully saturated rings. The standard InChI is InChI=1S/C6H6FNO2S/c1-5-2-3-6(4-8-5)11(7,9)10/h2-4H,1H3. The molecule has 0 N–H and O–H groups in total. The monoisotopic (exact) mass is 175 g/mol. The van der Waals surface area contributed by atoms with Gasteiger partial charge in [0.2, 0.25) is 0 Å². The molecule has 1 heterocycles. The molecule has 0 aliphatic rings. The Kier molecular flexibility index (Phi) is 1.90. The van der Waals surface area contributed by atoms with E-state index in [1.54, 1.807) is 6.92 Å². The van der Waals surface area contributed by atoms with Crippen LogP contribution in [0.5, 0.6) is 0 Å². The van der Waals surface area contributed by atoms with E-state index < -0.39 is 15.1 Å². The van der Waals surface area contributed by atoms with E-state index in [-0.39, 0.29) is 0 Å². The zero-order valence-corrected chi connectivity index (χ0v) is 6.60. The minimum absolute atomic E-state index is 0.400. The SMILES string of the molecule is Cc1ccc(S(=O)(=O)F)cn1. The number of hydrogen-bond donors (Lipinski definition) is 0. The number of halogens is 1. The molecule has 0 saturated heterocycles. The van der Waals surface area contributed by atoms with Crippen LogP contribution >= 0.6 is 0 Å². The number of hydrogen-bond acceptors (Lipinski definition) is 3. The zero-order chi connectivity index (χ0) is 8.48. The van der Waals surface area contributed by atoms with Crippen molar-refractivity contribution in [2.75, 3.05) is 0 Å². The Balaban J connectivity index is 3.20. The van der Waals surface area contributed by atoms with E-state index in [1.807, 2.05) is 0 Å². The fraction of sp³-hybridized carbons (Fsp3) is 0.167. The second-order valence-corrected chi connectivity index (χ2v) is 3.42. The lowest BCUT2D eigenvalue weighted by Gasteiger charge is -1.93. The summed E-state index contributed by atoms with van der Waals surface area (Å²) in [6, 6.07) is 2.62. The first kappa shape index (κ1) is 8.13. The summed E-state index contributed by atoms with van der Waals surface area (Å²) >= 11 is 0. The lowest BCUT2D eigenvalue weighted by molar-refractivity contribution is 0.551. The maximum Gasteiger partial charge on any atom is 0.333 e. The molecular weight excluding hydrogens is 169 g/mol. The summed E-state index contributed by atoms with van der Waals surface area (Å²) in [5, 5.41) is 0. The van der Waals surface area contributed by atoms with Gasteiger partial charge >= 0.3 is 10.2 Å². The quantitative estimate of drug-likeness (QED) is 0.599. The third-order valence-electron chi connectivity index (χ3n) is 1.17. The smallest absolute Gasteiger partial charge is 0.260 e. The van der Waals surface area contributed by atoms with Crippen molar-refractivity contribution < 1.29 is 12.3 Å². The summed E-state index contributed by atoms with van der Waals surface area (Å²) in [5.41, 5.74) is 0.650. The van der Waals surface area contributed by atoms with Crippen LogP contribution in [0, 0.1) is 6.92 Å². The van der Waals surface area contributed by atoms with Gasteiger partial charge in [0, 0.05) is 11.9 Å². The van der Waals surface area contributed by atoms with Crippen LogP contribution in [0.2, 0.25) is 0 Å². The summed E-state index contributed by atoms with van der Waals surface area (Å²) < 4.78 is 32.7. The second-order valence-electron chi connectivity index (χ2n) is 2.07. The highest BCUT2D eigenvalue weighted by Gasteiger charge is 2.10. The Morgan fingerprint density at radius 3 is 2.45 bits per heavy atom. The van der Waals surface area contributed by atoms with Crippen molar-refractivity contribution in [2.24, 2.45) is 0 Å². The van der Waals surface area contributed by atoms with E-state index in [2.05, 4.69) is 4.98 Å². The summed E-state index contributed by atoms with van der Waals surface area (Å²) in [6.45, 7) is 1.69. The highest BCUT2D eigenvalue weighted by molar-refractivity contribution is 7.86. The Labute approximate surface area is 64.1 Å². The summed E-state index contributed by atoms with van der Waals surface area (Å²) in [6.07, 6.45) is 0.991. The van der Waals surface area contributed by atoms with Gasteiger partial charge in [0.25, 0.3) is 0 Å². The Hall–Kier alpha value is -0.970. The number of aryl methyl sites for hydroxylation is 1. The molecule has 0 amide bonds. The molecule has 0 unspecified atom stereocenters. The van der Waals surface area contributed by atoms with Gasteiger partial charge in [-0.3, -0.25) is 4.98 Å². The van der Waals surface area contributed by atoms with E-state index in [9.17, 15) is 12.3 Å². The minimum Gasteiger partial charge on any atom is -0.260 e. The minimum atomic E-state index is -4.58. The van der Waals surface area contributed by atoms with Crippen LogP contribution in [0.1, 0.15) is 5.69 Å². The van der Waals surface area contributed by atoms with Gasteiger partial charge in [-0.1, -0.05) is 0 Å². The second kappa shape index (κ2) is 2.58. The van der Waals surface area contributed by atoms with Gasteiger partial charge in [0.05, 0.1) is 0 Å². The molecule has 0 atom stereocenters. The first-order valence-corrected chi connectivity index (χ1v) is 4.26. The molecule has 3 nitrogen and oxygen atoms in total. The molecule has 0 spiro atoms. The van der Waals surface area contributed by atoms with Gasteiger partial charge in [-0.15, -0.1) is 3.89 Å². The van der Waals surface area contributed by atoms with E-state index >= 15 is 0 Å². The van der Waals surface area contributed by atoms with E-state index in [0.29, 0.717) is 5.69 Å². The Morgan fingerprint density at radius 2 is 2.09 bits per heavy atom. The van der Waals surface area contributed by atoms with Crippen molar-refractivity contribution in [3.63, 3.8) is 0 Å². The highest BCUT2D eigenvalue weighted by atomic mass is 32.3. The molecule has 5 heteroatoms. The fourth-order valence-electron chi connectivity index (χ4n) is 0.598. The largest absolute Gasteiger partial charge is 0.333 e. The van der Waals surface area contributed by atoms with E-state index in [0.717, 1.165) is 6.20 Å². The van der Waals surface area contributed by atoms with Gasteiger partial charge in [-0.05, 0) is 19.1 Å². The lowest BCUT2D eigenvalue weighted by Crippen LogP contribution is -1.92. The number of rotatable bonds is 1. The highest BCUT2D eigenvalue weighted by Crippen LogP contribution is 2.09. The van der Waals surface area contributed by atoms with E-state index in [1.165, 1.54) is 12.1 Å². The van der Waals surface area contributed by atoms with Gasteiger partial charge in [-0.2, -0.15) is 8.42 Å². The van der Waals surface area contributed by atoms with Gasteiger partial charge in [0.15, 0.2) is 0 Å². The van der Waals surface area contributed by atoms with Crippen LogP contribution < -0.4 is 0 Å². The average Bonchev–Trinajstić information content (AvgIpc) is 1.86. The van der Waals surface area contributed by atoms with Crippen molar-refractivity contribution in [1.82, 2.24) is 4.98 Å². The van der Waals surface area contributed by atoms with Crippen molar-refractivity contribution in [2.45, 2.75) is 11.8 Å². The first-order valence-electron chi connectivity index (χ1n) is 2.87. The predicted molar refractivity (Wildman–Crippen MR) is 37.3 cm³/mol. The van der Waals surface area contributed by atoms with Crippen molar-refractivity contribution in [1.29, 1.82) is 0 Å². The van der Waals surface area contributed by atoms with Crippen LogP contribution in [0.3, 0.4) is 0 Å². The number of aromatic nitrogens is 1. The van der Waals surface area contributed by atoms with Crippen LogP contribution in [-0.4, -0.2) is 13.4 Å². The summed E-state index contributed by atoms with van der Waals surface area (Å²) in [5.74, 6) is 0. The van der Waals surface area contributed by atoms with Crippen molar-refractivity contribution >= 4 is 10.2 Å². The zero-order valence-electron chi connectivity index (χ0n) is 5.78. The van der Waals surface area contributed by atoms with Gasteiger partial charge < -0.3 is 0 Å². The number of nitrogens with zero attached hydrogens (tertiary/aromatic N) is 1. The van der Waals surface area contributed by atoms with Crippen LogP contribution in [0.4, 0.5) is 3.89 Å². The molecule has 0 bridgehead atoms. The average molecular weight is 175 g/mol. The molecule has 11 heavy (non-hydrogen) atoms. The normalized spacial score (nSPS) is 11.5. The maximum atomic E-state index is 12.2. The van der Waals surface area contributed by atoms with E-state index in [4.69, 9.17) is 0 Å². The third-order valence-corrected chi connectivity index (χ3v) is 1.97. The molecule has 1 rings (SSSR count). The van der Waals surface area contributed by atoms with Gasteiger partial charge in [-0.25, -0.2) is 0 Å². The lowest BCUT2D eigenvalue weighted by atomic mass is 10.4. The van der Waals surface area contributed by atoms with Gasteiger partial charge in [0.1, 0.15) is 4.90 Å². The third kappa shape index (κ3) is 1.98. The molecule has 0 aliphatic heterocycles. The van der Waals surface area contributed by atoms with Crippen LogP contribution in [0.15, 0.2) is 23.2 Å². The van der Waals surface area contributed by atoms with Crippen molar-refractivity contribution in [3.05, 3.63) is 24.0 Å². The summed E-state index contributed by atoms with van der Waals surface area (Å²) in [4.78, 5) is 3.23. The first-order chi connectivity index (χ1) is 5.00. The Morgan fingerprint density at radius 1 is 1.45 bits per heavy atom. The fourth-order valence-corrected chi connectivity index (χ4v) is 1.01. The molecule has 0 aliphatic carbocycles. The molecule has 1 aromatic rings. The molecular formula is C6H6FNO2S. The predicted octanol–water partition coefficient (Wildman–Crippen LogP) is 1.05. The molecule has 0 saturated carbocycles. The summed E-state index contributed by atoms with van der Waals surface area (Å²) in [7, 11) is -4.58. The number of pyridine rings is 1. The van der Waals surface area contributed by atoms with Crippen LogP contribution in [0.25, 0.3) is 0 Å². The molecule has 0 aromatic carbocycles. The topological polar surface area (TPSA) is 47.0 Å². The maximum absolute atomic E-state index is 12.2. The van der Waals surface area contributed by atoms with Crippen LogP contribution in [-0.2, 0) is 10.2 Å². The molecule has 0 radical (unpaired) electrons.